The van der Waals surface area contributed by atoms with Gasteiger partial charge in [0.2, 0.25) is 5.91 Å². The van der Waals surface area contributed by atoms with Gasteiger partial charge in [0.1, 0.15) is 0 Å². The van der Waals surface area contributed by atoms with Crippen molar-refractivity contribution in [3.63, 3.8) is 0 Å². The molecule has 6 nitrogen and oxygen atoms in total. The fourth-order valence-corrected chi connectivity index (χ4v) is 2.82. The number of ether oxygens (including phenoxy) is 1. The van der Waals surface area contributed by atoms with Crippen LogP contribution < -0.4 is 10.6 Å². The van der Waals surface area contributed by atoms with Crippen LogP contribution in [0.2, 0.25) is 5.02 Å². The predicted octanol–water partition coefficient (Wildman–Crippen LogP) is 4.31. The Morgan fingerprint density at radius 3 is 2.41 bits per heavy atom. The Hall–Kier alpha value is -2.38. The first-order valence-electron chi connectivity index (χ1n) is 8.11. The van der Waals surface area contributed by atoms with E-state index < -0.39 is 18.5 Å². The van der Waals surface area contributed by atoms with Crippen molar-refractivity contribution in [2.24, 2.45) is 0 Å². The number of anilines is 2. The third-order valence-corrected chi connectivity index (χ3v) is 4.35. The highest BCUT2D eigenvalue weighted by Gasteiger charge is 2.12. The number of halogens is 2. The molecule has 0 bridgehead atoms. The van der Waals surface area contributed by atoms with Gasteiger partial charge in [0.15, 0.2) is 6.61 Å². The maximum Gasteiger partial charge on any atom is 0.306 e. The summed E-state index contributed by atoms with van der Waals surface area (Å²) in [6, 6.07) is 12.2. The van der Waals surface area contributed by atoms with Crippen LogP contribution >= 0.6 is 27.5 Å². The molecule has 0 spiro atoms. The largest absolute Gasteiger partial charge is 0.456 e. The lowest BCUT2D eigenvalue weighted by molar-refractivity contribution is -0.147. The molecule has 0 radical (unpaired) electrons. The molecular formula is C19H18BrClN2O4. The SMILES string of the molecule is Cc1cc(Br)ccc1NC(=O)CCC(=O)OCC(=O)Nc1ccccc1Cl. The first kappa shape index (κ1) is 20.9. The van der Waals surface area contributed by atoms with Crippen LogP contribution in [0.15, 0.2) is 46.9 Å². The van der Waals surface area contributed by atoms with Crippen LogP contribution in [0.1, 0.15) is 18.4 Å². The summed E-state index contributed by atoms with van der Waals surface area (Å²) in [7, 11) is 0. The molecule has 2 amide bonds. The molecule has 27 heavy (non-hydrogen) atoms. The van der Waals surface area contributed by atoms with Gasteiger partial charge in [-0.15, -0.1) is 0 Å². The lowest BCUT2D eigenvalue weighted by Gasteiger charge is -2.09. The normalized spacial score (nSPS) is 10.2. The summed E-state index contributed by atoms with van der Waals surface area (Å²) in [6.45, 7) is 1.42. The Balaban J connectivity index is 1.71. The van der Waals surface area contributed by atoms with E-state index in [4.69, 9.17) is 16.3 Å². The molecule has 2 aromatic carbocycles. The van der Waals surface area contributed by atoms with Crippen LogP contribution in [0, 0.1) is 6.92 Å². The molecule has 2 N–H and O–H groups in total. The van der Waals surface area contributed by atoms with Crippen molar-refractivity contribution in [1.29, 1.82) is 0 Å². The summed E-state index contributed by atoms with van der Waals surface area (Å²) < 4.78 is 5.79. The highest BCUT2D eigenvalue weighted by Crippen LogP contribution is 2.21. The average Bonchev–Trinajstić information content (AvgIpc) is 2.62. The second kappa shape index (κ2) is 10.1. The highest BCUT2D eigenvalue weighted by atomic mass is 79.9. The lowest BCUT2D eigenvalue weighted by atomic mass is 10.2. The summed E-state index contributed by atoms with van der Waals surface area (Å²) in [6.07, 6.45) is -0.165. The van der Waals surface area contributed by atoms with Crippen molar-refractivity contribution >= 4 is 56.7 Å². The van der Waals surface area contributed by atoms with Crippen molar-refractivity contribution in [1.82, 2.24) is 0 Å². The third kappa shape index (κ3) is 7.03. The van der Waals surface area contributed by atoms with Gasteiger partial charge in [-0.05, 0) is 42.8 Å². The molecule has 0 atom stereocenters. The Morgan fingerprint density at radius 2 is 1.70 bits per heavy atom. The number of carbonyl (C=O) groups is 3. The topological polar surface area (TPSA) is 84.5 Å². The summed E-state index contributed by atoms with van der Waals surface area (Å²) in [4.78, 5) is 35.5. The van der Waals surface area contributed by atoms with Crippen LogP contribution in [0.3, 0.4) is 0 Å². The zero-order valence-corrected chi connectivity index (χ0v) is 16.9. The Morgan fingerprint density at radius 1 is 1.00 bits per heavy atom. The average molecular weight is 454 g/mol. The number of hydrogen-bond acceptors (Lipinski definition) is 4. The summed E-state index contributed by atoms with van der Waals surface area (Å²) >= 11 is 9.28. The standard InChI is InChI=1S/C19H18BrClN2O4/c1-12-10-13(20)6-7-15(12)22-17(24)8-9-19(26)27-11-18(25)23-16-5-3-2-4-14(16)21/h2-7,10H,8-9,11H2,1H3,(H,22,24)(H,23,25). The Labute approximate surface area is 170 Å². The van der Waals surface area contributed by atoms with Crippen LogP contribution in [0.5, 0.6) is 0 Å². The second-order valence-corrected chi connectivity index (χ2v) is 7.02. The fourth-order valence-electron chi connectivity index (χ4n) is 2.16. The second-order valence-electron chi connectivity index (χ2n) is 5.70. The maximum absolute atomic E-state index is 11.9. The number of aryl methyl sites for hydroxylation is 1. The number of carbonyl (C=O) groups excluding carboxylic acids is 3. The van der Waals surface area contributed by atoms with Gasteiger partial charge in [-0.3, -0.25) is 14.4 Å². The molecular weight excluding hydrogens is 436 g/mol. The lowest BCUT2D eigenvalue weighted by Crippen LogP contribution is -2.22. The molecule has 0 saturated carbocycles. The van der Waals surface area contributed by atoms with Crippen molar-refractivity contribution in [2.75, 3.05) is 17.2 Å². The number of hydrogen-bond donors (Lipinski definition) is 2. The molecule has 0 saturated heterocycles. The minimum Gasteiger partial charge on any atom is -0.456 e. The van der Waals surface area contributed by atoms with Crippen molar-refractivity contribution < 1.29 is 19.1 Å². The Bertz CT molecular complexity index is 857. The van der Waals surface area contributed by atoms with Gasteiger partial charge in [-0.25, -0.2) is 0 Å². The third-order valence-electron chi connectivity index (χ3n) is 3.53. The molecule has 0 aliphatic carbocycles. The van der Waals surface area contributed by atoms with E-state index in [0.717, 1.165) is 10.0 Å². The number of para-hydroxylation sites is 1. The first-order valence-corrected chi connectivity index (χ1v) is 9.28. The number of benzene rings is 2. The number of nitrogens with one attached hydrogen (secondary N) is 2. The first-order chi connectivity index (χ1) is 12.8. The molecule has 0 aliphatic heterocycles. The van der Waals surface area contributed by atoms with Crippen LogP contribution in [-0.4, -0.2) is 24.4 Å². The minimum atomic E-state index is -0.632. The van der Waals surface area contributed by atoms with E-state index >= 15 is 0 Å². The van der Waals surface area contributed by atoms with Gasteiger partial charge in [-0.2, -0.15) is 0 Å². The summed E-state index contributed by atoms with van der Waals surface area (Å²) in [5, 5.41) is 5.66. The zero-order chi connectivity index (χ0) is 19.8. The van der Waals surface area contributed by atoms with Gasteiger partial charge >= 0.3 is 5.97 Å². The van der Waals surface area contributed by atoms with Gasteiger partial charge in [-0.1, -0.05) is 39.7 Å². The number of esters is 1. The molecule has 2 rings (SSSR count). The van der Waals surface area contributed by atoms with E-state index in [9.17, 15) is 14.4 Å². The van der Waals surface area contributed by atoms with Gasteiger partial charge < -0.3 is 15.4 Å². The van der Waals surface area contributed by atoms with E-state index in [0.29, 0.717) is 16.4 Å². The molecule has 0 aliphatic rings. The van der Waals surface area contributed by atoms with Gasteiger partial charge in [0.05, 0.1) is 17.1 Å². The van der Waals surface area contributed by atoms with E-state index in [2.05, 4.69) is 26.6 Å². The van der Waals surface area contributed by atoms with E-state index in [1.807, 2.05) is 19.1 Å². The molecule has 0 heterocycles. The number of rotatable bonds is 7. The van der Waals surface area contributed by atoms with Crippen molar-refractivity contribution in [3.05, 3.63) is 57.5 Å². The van der Waals surface area contributed by atoms with Crippen LogP contribution in [0.25, 0.3) is 0 Å². The molecule has 0 fully saturated rings. The summed E-state index contributed by atoms with van der Waals surface area (Å²) in [5.41, 5.74) is 2.01. The van der Waals surface area contributed by atoms with Crippen molar-refractivity contribution in [3.8, 4) is 0 Å². The predicted molar refractivity (Wildman–Crippen MR) is 108 cm³/mol. The van der Waals surface area contributed by atoms with E-state index in [1.165, 1.54) is 0 Å². The van der Waals surface area contributed by atoms with Crippen LogP contribution in [-0.2, 0) is 19.1 Å². The smallest absolute Gasteiger partial charge is 0.306 e. The summed E-state index contributed by atoms with van der Waals surface area (Å²) in [5.74, 6) is -1.45. The number of amides is 2. The fraction of sp³-hybridized carbons (Fsp3) is 0.211. The molecule has 8 heteroatoms. The van der Waals surface area contributed by atoms with E-state index in [-0.39, 0.29) is 18.7 Å². The zero-order valence-electron chi connectivity index (χ0n) is 14.6. The van der Waals surface area contributed by atoms with Gasteiger partial charge in [0.25, 0.3) is 5.91 Å². The van der Waals surface area contributed by atoms with Crippen molar-refractivity contribution in [2.45, 2.75) is 19.8 Å². The molecule has 0 aromatic heterocycles. The monoisotopic (exact) mass is 452 g/mol. The molecule has 142 valence electrons. The highest BCUT2D eigenvalue weighted by molar-refractivity contribution is 9.10. The molecule has 2 aromatic rings. The quantitative estimate of drug-likeness (QED) is 0.612. The van der Waals surface area contributed by atoms with Gasteiger partial charge in [0, 0.05) is 16.6 Å². The Kier molecular flexibility index (Phi) is 7.82. The van der Waals surface area contributed by atoms with E-state index in [1.54, 1.807) is 30.3 Å². The maximum atomic E-state index is 11.9. The molecule has 0 unspecified atom stereocenters. The minimum absolute atomic E-state index is 0.0412. The van der Waals surface area contributed by atoms with Crippen LogP contribution in [0.4, 0.5) is 11.4 Å².